The predicted octanol–water partition coefficient (Wildman–Crippen LogP) is 4.91. The summed E-state index contributed by atoms with van der Waals surface area (Å²) in [6.07, 6.45) is -0.546. The first-order valence-corrected chi connectivity index (χ1v) is 10.3. The number of carbonyl (C=O) groups excluding carboxylic acids is 2. The minimum atomic E-state index is -2.14. The molecule has 162 valence electrons. The minimum absolute atomic E-state index is 0.0984. The maximum absolute atomic E-state index is 13.4. The number of nitrogens with zero attached hydrogens (tertiary/aromatic N) is 2. The van der Waals surface area contributed by atoms with Crippen molar-refractivity contribution in [1.82, 2.24) is 0 Å². The summed E-state index contributed by atoms with van der Waals surface area (Å²) < 4.78 is 0. The number of aliphatic hydroxyl groups is 1. The normalized spacial score (nSPS) is 17.3. The smallest absolute Gasteiger partial charge is 0.269 e. The summed E-state index contributed by atoms with van der Waals surface area (Å²) in [6.45, 7) is 0.0984. The van der Waals surface area contributed by atoms with E-state index in [4.69, 9.17) is 23.2 Å². The molecule has 0 saturated heterocycles. The minimum Gasteiger partial charge on any atom is -0.375 e. The van der Waals surface area contributed by atoms with Gasteiger partial charge in [0.1, 0.15) is 0 Å². The second-order valence-electron chi connectivity index (χ2n) is 7.41. The topological polar surface area (TPSA) is 101 Å². The number of non-ortho nitro benzene ring substituents is 1. The maximum Gasteiger partial charge on any atom is 0.269 e. The third-order valence-electron chi connectivity index (χ3n) is 5.40. The van der Waals surface area contributed by atoms with Gasteiger partial charge < -0.3 is 10.0 Å². The van der Waals surface area contributed by atoms with Crippen molar-refractivity contribution in [3.8, 4) is 0 Å². The van der Waals surface area contributed by atoms with Crippen LogP contribution in [0.3, 0.4) is 0 Å². The van der Waals surface area contributed by atoms with Gasteiger partial charge in [-0.1, -0.05) is 41.4 Å². The van der Waals surface area contributed by atoms with Crippen molar-refractivity contribution in [2.45, 2.75) is 18.6 Å². The third-order valence-corrected chi connectivity index (χ3v) is 6.00. The van der Waals surface area contributed by atoms with Gasteiger partial charge in [0.15, 0.2) is 11.4 Å². The van der Waals surface area contributed by atoms with Crippen LogP contribution in [-0.2, 0) is 16.9 Å². The molecule has 1 aliphatic heterocycles. The van der Waals surface area contributed by atoms with Crippen LogP contribution < -0.4 is 4.90 Å². The van der Waals surface area contributed by atoms with E-state index in [0.29, 0.717) is 21.3 Å². The maximum atomic E-state index is 13.4. The highest BCUT2D eigenvalue weighted by molar-refractivity contribution is 6.31. The Morgan fingerprint density at radius 1 is 1.06 bits per heavy atom. The Labute approximate surface area is 193 Å². The number of hydrogen-bond donors (Lipinski definition) is 1. The molecule has 1 N–H and O–H groups in total. The van der Waals surface area contributed by atoms with Crippen molar-refractivity contribution in [3.05, 3.63) is 104 Å². The number of fused-ring (bicyclic) bond motifs is 1. The van der Waals surface area contributed by atoms with E-state index in [0.717, 1.165) is 0 Å². The number of nitro benzene ring substituents is 1. The van der Waals surface area contributed by atoms with E-state index in [1.54, 1.807) is 36.4 Å². The number of benzene rings is 3. The van der Waals surface area contributed by atoms with Gasteiger partial charge in [0.25, 0.3) is 11.6 Å². The lowest BCUT2D eigenvalue weighted by atomic mass is 9.88. The third kappa shape index (κ3) is 3.86. The first-order valence-electron chi connectivity index (χ1n) is 9.56. The number of carbonyl (C=O) groups is 2. The summed E-state index contributed by atoms with van der Waals surface area (Å²) >= 11 is 12.4. The number of halogens is 2. The van der Waals surface area contributed by atoms with Crippen molar-refractivity contribution in [2.24, 2.45) is 0 Å². The quantitative estimate of drug-likeness (QED) is 0.313. The van der Waals surface area contributed by atoms with E-state index in [1.165, 1.54) is 35.2 Å². The molecule has 1 aliphatic rings. The van der Waals surface area contributed by atoms with Gasteiger partial charge in [-0.15, -0.1) is 0 Å². The van der Waals surface area contributed by atoms with E-state index >= 15 is 0 Å². The van der Waals surface area contributed by atoms with Gasteiger partial charge in [0, 0.05) is 33.3 Å². The Morgan fingerprint density at radius 3 is 2.41 bits per heavy atom. The van der Waals surface area contributed by atoms with E-state index in [-0.39, 0.29) is 23.4 Å². The number of anilines is 1. The van der Waals surface area contributed by atoms with Gasteiger partial charge in [-0.3, -0.25) is 19.7 Å². The number of rotatable bonds is 6. The number of Topliss-reactive ketones (excluding diaryl/α,β-unsaturated/α-hetero) is 1. The summed E-state index contributed by atoms with van der Waals surface area (Å²) in [7, 11) is 0. The lowest BCUT2D eigenvalue weighted by Gasteiger charge is -2.23. The summed E-state index contributed by atoms with van der Waals surface area (Å²) in [5.74, 6) is -1.22. The van der Waals surface area contributed by atoms with Gasteiger partial charge in [-0.2, -0.15) is 0 Å². The van der Waals surface area contributed by atoms with Crippen molar-refractivity contribution < 1.29 is 19.6 Å². The largest absolute Gasteiger partial charge is 0.375 e. The second-order valence-corrected chi connectivity index (χ2v) is 8.25. The van der Waals surface area contributed by atoms with Crippen molar-refractivity contribution in [1.29, 1.82) is 0 Å². The van der Waals surface area contributed by atoms with Gasteiger partial charge in [0.05, 0.1) is 23.6 Å². The predicted molar refractivity (Wildman–Crippen MR) is 120 cm³/mol. The monoisotopic (exact) mass is 470 g/mol. The fourth-order valence-electron chi connectivity index (χ4n) is 3.75. The lowest BCUT2D eigenvalue weighted by Crippen LogP contribution is -2.41. The fraction of sp³-hybridized carbons (Fsp3) is 0.130. The fourth-order valence-corrected chi connectivity index (χ4v) is 4.12. The summed E-state index contributed by atoms with van der Waals surface area (Å²) in [5.41, 5.74) is -0.837. The molecule has 0 aliphatic carbocycles. The Hall–Kier alpha value is -3.26. The summed E-state index contributed by atoms with van der Waals surface area (Å²) in [6, 6.07) is 16.7. The SMILES string of the molecule is O=C(C[C@]1(O)C(=O)N(Cc2ccccc2Cl)c2ccc(Cl)cc21)c1ccc([N+](=O)[O-])cc1. The molecule has 0 radical (unpaired) electrons. The number of ketones is 1. The zero-order chi connectivity index (χ0) is 23.0. The first-order chi connectivity index (χ1) is 15.2. The standard InChI is InChI=1S/C23H16Cl2N2O5/c24-16-7-10-20-18(11-16)23(30,12-21(28)14-5-8-17(9-6-14)27(31)32)22(29)26(20)13-15-3-1-2-4-19(15)25/h1-11,30H,12-13H2/t23-/m1/s1. The Bertz CT molecular complexity index is 1250. The molecule has 32 heavy (non-hydrogen) atoms. The van der Waals surface area contributed by atoms with E-state index < -0.39 is 28.6 Å². The molecule has 3 aromatic rings. The Balaban J connectivity index is 1.69. The molecule has 0 unspecified atom stereocenters. The van der Waals surface area contributed by atoms with Crippen LogP contribution >= 0.6 is 23.2 Å². The van der Waals surface area contributed by atoms with Gasteiger partial charge in [-0.05, 0) is 42.0 Å². The average Bonchev–Trinajstić information content (AvgIpc) is 2.96. The molecular weight excluding hydrogens is 455 g/mol. The highest BCUT2D eigenvalue weighted by Gasteiger charge is 2.51. The number of nitro groups is 1. The highest BCUT2D eigenvalue weighted by Crippen LogP contribution is 2.45. The molecule has 1 heterocycles. The van der Waals surface area contributed by atoms with Crippen LogP contribution in [0.25, 0.3) is 0 Å². The van der Waals surface area contributed by atoms with Gasteiger partial charge >= 0.3 is 0 Å². The summed E-state index contributed by atoms with van der Waals surface area (Å²) in [4.78, 5) is 37.9. The summed E-state index contributed by atoms with van der Waals surface area (Å²) in [5, 5.41) is 23.0. The molecule has 3 aromatic carbocycles. The zero-order valence-electron chi connectivity index (χ0n) is 16.5. The molecule has 7 nitrogen and oxygen atoms in total. The molecular formula is C23H16Cl2N2O5. The van der Waals surface area contributed by atoms with Crippen LogP contribution in [0.2, 0.25) is 10.0 Å². The molecule has 0 aromatic heterocycles. The van der Waals surface area contributed by atoms with Gasteiger partial charge in [-0.25, -0.2) is 0 Å². The first kappa shape index (κ1) is 22.0. The van der Waals surface area contributed by atoms with Crippen LogP contribution in [-0.4, -0.2) is 21.7 Å². The van der Waals surface area contributed by atoms with E-state index in [2.05, 4.69) is 0 Å². The van der Waals surface area contributed by atoms with Crippen molar-refractivity contribution in [3.63, 3.8) is 0 Å². The molecule has 4 rings (SSSR count). The molecule has 0 saturated carbocycles. The molecule has 0 spiro atoms. The van der Waals surface area contributed by atoms with Crippen LogP contribution in [0.5, 0.6) is 0 Å². The van der Waals surface area contributed by atoms with Gasteiger partial charge in [0.2, 0.25) is 0 Å². The molecule has 0 bridgehead atoms. The lowest BCUT2D eigenvalue weighted by molar-refractivity contribution is -0.384. The second kappa shape index (κ2) is 8.35. The van der Waals surface area contributed by atoms with Crippen molar-refractivity contribution in [2.75, 3.05) is 4.90 Å². The number of hydrogen-bond acceptors (Lipinski definition) is 5. The van der Waals surface area contributed by atoms with E-state index in [9.17, 15) is 24.8 Å². The van der Waals surface area contributed by atoms with Crippen LogP contribution in [0.4, 0.5) is 11.4 Å². The van der Waals surface area contributed by atoms with E-state index in [1.807, 2.05) is 0 Å². The molecule has 1 atom stereocenters. The average molecular weight is 471 g/mol. The van der Waals surface area contributed by atoms with Crippen LogP contribution in [0, 0.1) is 10.1 Å². The number of amides is 1. The van der Waals surface area contributed by atoms with Crippen molar-refractivity contribution >= 4 is 46.3 Å². The molecule has 9 heteroatoms. The molecule has 1 amide bonds. The van der Waals surface area contributed by atoms with Crippen LogP contribution in [0.15, 0.2) is 66.7 Å². The molecule has 0 fully saturated rings. The van der Waals surface area contributed by atoms with Crippen LogP contribution in [0.1, 0.15) is 27.9 Å². The highest BCUT2D eigenvalue weighted by atomic mass is 35.5. The Morgan fingerprint density at radius 2 is 1.75 bits per heavy atom. The zero-order valence-corrected chi connectivity index (χ0v) is 18.0. The Kier molecular flexibility index (Phi) is 5.73.